The summed E-state index contributed by atoms with van der Waals surface area (Å²) >= 11 is 0. The second-order valence-corrected chi connectivity index (χ2v) is 5.85. The Bertz CT molecular complexity index is 570. The summed E-state index contributed by atoms with van der Waals surface area (Å²) in [6.07, 6.45) is 6.21. The van der Waals surface area contributed by atoms with Crippen LogP contribution in [0.4, 0.5) is 13.2 Å². The number of esters is 1. The van der Waals surface area contributed by atoms with Gasteiger partial charge in [-0.2, -0.15) is 0 Å². The molecule has 25 heavy (non-hydrogen) atoms. The third kappa shape index (κ3) is 6.76. The molecule has 0 spiro atoms. The molecule has 0 fully saturated rings. The summed E-state index contributed by atoms with van der Waals surface area (Å²) in [6.45, 7) is 2.11. The molecule has 1 aromatic rings. The second-order valence-electron chi connectivity index (χ2n) is 5.85. The van der Waals surface area contributed by atoms with Crippen LogP contribution < -0.4 is 5.32 Å². The van der Waals surface area contributed by atoms with Gasteiger partial charge in [-0.15, -0.1) is 0 Å². The normalized spacial score (nSPS) is 11.9. The first-order chi connectivity index (χ1) is 11.9. The van der Waals surface area contributed by atoms with Crippen molar-refractivity contribution in [2.24, 2.45) is 0 Å². The Morgan fingerprint density at radius 3 is 2.16 bits per heavy atom. The van der Waals surface area contributed by atoms with Crippen molar-refractivity contribution in [1.82, 2.24) is 5.32 Å². The molecule has 1 rings (SSSR count). The molecule has 0 unspecified atom stereocenters. The summed E-state index contributed by atoms with van der Waals surface area (Å²) in [5, 5.41) is 2.27. The molecule has 1 aromatic carbocycles. The molecule has 0 heterocycles. The van der Waals surface area contributed by atoms with Gasteiger partial charge in [0.1, 0.15) is 29.1 Å². The number of hydrogen-bond acceptors (Lipinski definition) is 3. The van der Waals surface area contributed by atoms with Crippen LogP contribution in [0, 0.1) is 17.5 Å². The monoisotopic (exact) mass is 359 g/mol. The summed E-state index contributed by atoms with van der Waals surface area (Å²) in [6, 6.07) is -0.176. The molecular formula is C18H24F3NO3. The first-order valence-electron chi connectivity index (χ1n) is 8.43. The maximum absolute atomic E-state index is 13.7. The molecule has 7 heteroatoms. The molecule has 140 valence electrons. The van der Waals surface area contributed by atoms with E-state index in [1.165, 1.54) is 7.11 Å². The number of nitrogens with one attached hydrogen (secondary N) is 1. The van der Waals surface area contributed by atoms with Gasteiger partial charge in [-0.1, -0.05) is 45.4 Å². The molecule has 1 N–H and O–H groups in total. The number of ether oxygens (including phenoxy) is 1. The van der Waals surface area contributed by atoms with Gasteiger partial charge in [0.2, 0.25) is 0 Å². The minimum absolute atomic E-state index is 0.301. The molecule has 1 amide bonds. The van der Waals surface area contributed by atoms with Crippen LogP contribution in [0.25, 0.3) is 0 Å². The van der Waals surface area contributed by atoms with Crippen molar-refractivity contribution in [2.45, 2.75) is 57.9 Å². The maximum Gasteiger partial charge on any atom is 0.328 e. The highest BCUT2D eigenvalue weighted by Crippen LogP contribution is 2.16. The average molecular weight is 359 g/mol. The Balaban J connectivity index is 2.69. The Labute approximate surface area is 145 Å². The van der Waals surface area contributed by atoms with E-state index in [2.05, 4.69) is 17.0 Å². The van der Waals surface area contributed by atoms with Crippen molar-refractivity contribution >= 4 is 11.9 Å². The first kappa shape index (κ1) is 21.0. The van der Waals surface area contributed by atoms with Crippen molar-refractivity contribution in [1.29, 1.82) is 0 Å². The van der Waals surface area contributed by atoms with Gasteiger partial charge in [0, 0.05) is 12.1 Å². The number of halogens is 3. The Hall–Kier alpha value is -2.05. The molecule has 0 bridgehead atoms. The fourth-order valence-electron chi connectivity index (χ4n) is 2.51. The zero-order valence-corrected chi connectivity index (χ0v) is 14.5. The van der Waals surface area contributed by atoms with Crippen LogP contribution in [-0.4, -0.2) is 25.0 Å². The highest BCUT2D eigenvalue weighted by Gasteiger charge is 2.25. The second kappa shape index (κ2) is 10.7. The van der Waals surface area contributed by atoms with Crippen molar-refractivity contribution in [3.63, 3.8) is 0 Å². The van der Waals surface area contributed by atoms with Crippen molar-refractivity contribution in [3.8, 4) is 0 Å². The lowest BCUT2D eigenvalue weighted by Gasteiger charge is -2.17. The first-order valence-corrected chi connectivity index (χ1v) is 8.43. The molecule has 0 saturated heterocycles. The Morgan fingerprint density at radius 2 is 1.60 bits per heavy atom. The number of hydrogen-bond donors (Lipinski definition) is 1. The van der Waals surface area contributed by atoms with Gasteiger partial charge in [0.05, 0.1) is 7.11 Å². The highest BCUT2D eigenvalue weighted by molar-refractivity contribution is 5.97. The van der Waals surface area contributed by atoms with Crippen molar-refractivity contribution in [3.05, 3.63) is 35.1 Å². The van der Waals surface area contributed by atoms with Gasteiger partial charge in [-0.3, -0.25) is 4.79 Å². The predicted octanol–water partition coefficient (Wildman–Crippen LogP) is 4.13. The van der Waals surface area contributed by atoms with E-state index in [1.54, 1.807) is 0 Å². The van der Waals surface area contributed by atoms with E-state index in [0.717, 1.165) is 32.1 Å². The molecule has 0 aliphatic carbocycles. The Kier molecular flexibility index (Phi) is 9.02. The smallest absolute Gasteiger partial charge is 0.328 e. The van der Waals surface area contributed by atoms with E-state index >= 15 is 0 Å². The van der Waals surface area contributed by atoms with Gasteiger partial charge < -0.3 is 10.1 Å². The molecular weight excluding hydrogens is 335 g/mol. The molecule has 1 atom stereocenters. The number of unbranched alkanes of at least 4 members (excludes halogenated alkanes) is 5. The lowest BCUT2D eigenvalue weighted by molar-refractivity contribution is -0.143. The third-order valence-electron chi connectivity index (χ3n) is 3.87. The van der Waals surface area contributed by atoms with Crippen LogP contribution in [0.15, 0.2) is 12.1 Å². The van der Waals surface area contributed by atoms with Crippen LogP contribution in [0.1, 0.15) is 62.2 Å². The number of rotatable bonds is 10. The van der Waals surface area contributed by atoms with E-state index in [0.29, 0.717) is 25.0 Å². The minimum atomic E-state index is -1.32. The van der Waals surface area contributed by atoms with Gasteiger partial charge in [-0.05, 0) is 6.42 Å². The Morgan fingerprint density at radius 1 is 1.04 bits per heavy atom. The topological polar surface area (TPSA) is 55.4 Å². The van der Waals surface area contributed by atoms with Gasteiger partial charge in [-0.25, -0.2) is 18.0 Å². The number of methoxy groups -OCH3 is 1. The number of carbonyl (C=O) groups excluding carboxylic acids is 2. The SMILES string of the molecule is CCCCCCCC[C@H](NC(=O)c1c(F)cc(F)cc1F)C(=O)OC. The largest absolute Gasteiger partial charge is 0.467 e. The van der Waals surface area contributed by atoms with Gasteiger partial charge in [0.15, 0.2) is 0 Å². The summed E-state index contributed by atoms with van der Waals surface area (Å²) in [4.78, 5) is 23.9. The summed E-state index contributed by atoms with van der Waals surface area (Å²) in [7, 11) is 1.17. The van der Waals surface area contributed by atoms with Crippen LogP contribution in [0.5, 0.6) is 0 Å². The molecule has 0 aliphatic rings. The predicted molar refractivity (Wildman–Crippen MR) is 87.6 cm³/mol. The highest BCUT2D eigenvalue weighted by atomic mass is 19.1. The summed E-state index contributed by atoms with van der Waals surface area (Å²) in [5.41, 5.74) is -0.918. The van der Waals surface area contributed by atoms with Gasteiger partial charge in [0.25, 0.3) is 5.91 Å². The number of amides is 1. The molecule has 0 radical (unpaired) electrons. The van der Waals surface area contributed by atoms with E-state index in [1.807, 2.05) is 0 Å². The van der Waals surface area contributed by atoms with E-state index in [9.17, 15) is 22.8 Å². The van der Waals surface area contributed by atoms with Crippen LogP contribution >= 0.6 is 0 Å². The fourth-order valence-corrected chi connectivity index (χ4v) is 2.51. The zero-order chi connectivity index (χ0) is 18.8. The van der Waals surface area contributed by atoms with Crippen molar-refractivity contribution < 1.29 is 27.5 Å². The van der Waals surface area contributed by atoms with E-state index < -0.39 is 40.9 Å². The third-order valence-corrected chi connectivity index (χ3v) is 3.87. The molecule has 4 nitrogen and oxygen atoms in total. The number of benzene rings is 1. The minimum Gasteiger partial charge on any atom is -0.467 e. The van der Waals surface area contributed by atoms with Gasteiger partial charge >= 0.3 is 5.97 Å². The zero-order valence-electron chi connectivity index (χ0n) is 14.5. The van der Waals surface area contributed by atoms with Crippen LogP contribution in [-0.2, 0) is 9.53 Å². The maximum atomic E-state index is 13.7. The van der Waals surface area contributed by atoms with Crippen molar-refractivity contribution in [2.75, 3.05) is 7.11 Å². The molecule has 0 aromatic heterocycles. The molecule has 0 aliphatic heterocycles. The lowest BCUT2D eigenvalue weighted by atomic mass is 10.0. The van der Waals surface area contributed by atoms with E-state index in [4.69, 9.17) is 0 Å². The quantitative estimate of drug-likeness (QED) is 0.505. The van der Waals surface area contributed by atoms with E-state index in [-0.39, 0.29) is 0 Å². The standard InChI is InChI=1S/C18H24F3NO3/c1-3-4-5-6-7-8-9-15(18(24)25-2)22-17(23)16-13(20)10-12(19)11-14(16)21/h10-11,15H,3-9H2,1-2H3,(H,22,23)/t15-/m0/s1. The van der Waals surface area contributed by atoms with Crippen LogP contribution in [0.2, 0.25) is 0 Å². The lowest BCUT2D eigenvalue weighted by Crippen LogP contribution is -2.42. The molecule has 0 saturated carbocycles. The van der Waals surface area contributed by atoms with Crippen LogP contribution in [0.3, 0.4) is 0 Å². The number of carbonyl (C=O) groups is 2. The fraction of sp³-hybridized carbons (Fsp3) is 0.556. The average Bonchev–Trinajstić information content (AvgIpc) is 2.55. The summed E-state index contributed by atoms with van der Waals surface area (Å²) < 4.78 is 44.9. The summed E-state index contributed by atoms with van der Waals surface area (Å²) in [5.74, 6) is -5.57.